The first kappa shape index (κ1) is 23.1. The number of anilines is 1. The first-order valence-electron chi connectivity index (χ1n) is 9.18. The first-order chi connectivity index (χ1) is 15.3. The van der Waals surface area contributed by atoms with Crippen molar-refractivity contribution in [3.8, 4) is 0 Å². The number of rotatable bonds is 8. The predicted molar refractivity (Wildman–Crippen MR) is 124 cm³/mol. The van der Waals surface area contributed by atoms with Gasteiger partial charge >= 0.3 is 0 Å². The summed E-state index contributed by atoms with van der Waals surface area (Å²) in [5, 5.41) is 15.3. The number of para-hydroxylation sites is 2. The van der Waals surface area contributed by atoms with E-state index in [4.69, 9.17) is 0 Å². The summed E-state index contributed by atoms with van der Waals surface area (Å²) >= 11 is 3.35. The summed E-state index contributed by atoms with van der Waals surface area (Å²) in [4.78, 5) is 23.2. The SMILES string of the molecule is O=C(CN(c1ccccc1[N+](=O)[O-])S(=O)(=O)c1ccccc1)N/N=C\c1ccccc1Br. The van der Waals surface area contributed by atoms with Crippen LogP contribution < -0.4 is 9.73 Å². The smallest absolute Gasteiger partial charge is 0.271 e. The van der Waals surface area contributed by atoms with E-state index in [-0.39, 0.29) is 10.6 Å². The number of amides is 1. The van der Waals surface area contributed by atoms with Gasteiger partial charge in [-0.25, -0.2) is 18.1 Å². The van der Waals surface area contributed by atoms with Crippen molar-refractivity contribution < 1.29 is 18.1 Å². The second-order valence-electron chi connectivity index (χ2n) is 6.39. The highest BCUT2D eigenvalue weighted by molar-refractivity contribution is 9.10. The number of nitrogens with one attached hydrogen (secondary N) is 1. The normalized spacial score (nSPS) is 11.3. The molecule has 1 amide bonds. The topological polar surface area (TPSA) is 122 Å². The molecular weight excluding hydrogens is 500 g/mol. The van der Waals surface area contributed by atoms with Gasteiger partial charge in [0.1, 0.15) is 12.2 Å². The molecule has 1 N–H and O–H groups in total. The van der Waals surface area contributed by atoms with E-state index in [2.05, 4.69) is 26.5 Å². The molecule has 0 saturated carbocycles. The fourth-order valence-corrected chi connectivity index (χ4v) is 4.61. The molecule has 3 aromatic rings. The standard InChI is InChI=1S/C21H17BrN4O5S/c22-18-11-5-4-8-16(18)14-23-24-21(27)15-25(19-12-6-7-13-20(19)26(28)29)32(30,31)17-9-2-1-3-10-17/h1-14H,15H2,(H,24,27)/b23-14-. The fourth-order valence-electron chi connectivity index (χ4n) is 2.77. The molecule has 9 nitrogen and oxygen atoms in total. The highest BCUT2D eigenvalue weighted by Gasteiger charge is 2.31. The number of nitrogens with zero attached hydrogens (tertiary/aromatic N) is 3. The fraction of sp³-hybridized carbons (Fsp3) is 0.0476. The number of halogens is 1. The Labute approximate surface area is 192 Å². The van der Waals surface area contributed by atoms with Crippen LogP contribution in [0.15, 0.2) is 93.3 Å². The number of benzene rings is 3. The van der Waals surface area contributed by atoms with Crippen LogP contribution in [0, 0.1) is 10.1 Å². The average Bonchev–Trinajstić information content (AvgIpc) is 2.79. The summed E-state index contributed by atoms with van der Waals surface area (Å²) in [5.41, 5.74) is 2.28. The largest absolute Gasteiger partial charge is 0.293 e. The van der Waals surface area contributed by atoms with Crippen LogP contribution in [0.25, 0.3) is 0 Å². The molecule has 0 heterocycles. The molecule has 164 valence electrons. The number of carbonyl (C=O) groups is 1. The molecule has 0 aliphatic heterocycles. The van der Waals surface area contributed by atoms with E-state index < -0.39 is 33.1 Å². The molecule has 0 aliphatic rings. The van der Waals surface area contributed by atoms with E-state index in [9.17, 15) is 23.3 Å². The van der Waals surface area contributed by atoms with Crippen molar-refractivity contribution in [2.45, 2.75) is 4.90 Å². The van der Waals surface area contributed by atoms with Crippen LogP contribution in [0.4, 0.5) is 11.4 Å². The molecular formula is C21H17BrN4O5S. The molecule has 0 bridgehead atoms. The summed E-state index contributed by atoms with van der Waals surface area (Å²) in [5.74, 6) is -0.772. The van der Waals surface area contributed by atoms with Gasteiger partial charge in [-0.3, -0.25) is 14.9 Å². The van der Waals surface area contributed by atoms with Gasteiger partial charge < -0.3 is 0 Å². The molecule has 3 rings (SSSR count). The van der Waals surface area contributed by atoms with Gasteiger partial charge in [0.2, 0.25) is 0 Å². The third-order valence-electron chi connectivity index (χ3n) is 4.26. The van der Waals surface area contributed by atoms with Crippen LogP contribution in [0.5, 0.6) is 0 Å². The zero-order valence-electron chi connectivity index (χ0n) is 16.5. The summed E-state index contributed by atoms with van der Waals surface area (Å²) < 4.78 is 28.0. The number of carbonyl (C=O) groups excluding carboxylic acids is 1. The minimum atomic E-state index is -4.28. The number of hydrogen-bond donors (Lipinski definition) is 1. The Bertz CT molecular complexity index is 1270. The van der Waals surface area contributed by atoms with Crippen LogP contribution >= 0.6 is 15.9 Å². The number of sulfonamides is 1. The Morgan fingerprint density at radius 1 is 1.03 bits per heavy atom. The lowest BCUT2D eigenvalue weighted by atomic mass is 10.2. The van der Waals surface area contributed by atoms with Crippen molar-refractivity contribution in [3.05, 3.63) is 99.0 Å². The lowest BCUT2D eigenvalue weighted by Gasteiger charge is -2.23. The molecule has 32 heavy (non-hydrogen) atoms. The highest BCUT2D eigenvalue weighted by atomic mass is 79.9. The lowest BCUT2D eigenvalue weighted by Crippen LogP contribution is -2.39. The van der Waals surface area contributed by atoms with E-state index in [0.29, 0.717) is 9.87 Å². The van der Waals surface area contributed by atoms with E-state index in [1.54, 1.807) is 24.3 Å². The van der Waals surface area contributed by atoms with E-state index >= 15 is 0 Å². The van der Waals surface area contributed by atoms with Crippen molar-refractivity contribution >= 4 is 49.4 Å². The van der Waals surface area contributed by atoms with Gasteiger partial charge in [0.15, 0.2) is 0 Å². The van der Waals surface area contributed by atoms with Crippen molar-refractivity contribution in [1.82, 2.24) is 5.43 Å². The lowest BCUT2D eigenvalue weighted by molar-refractivity contribution is -0.384. The maximum atomic E-state index is 13.3. The van der Waals surface area contributed by atoms with Crippen LogP contribution in [0.3, 0.4) is 0 Å². The van der Waals surface area contributed by atoms with Gasteiger partial charge in [-0.2, -0.15) is 5.10 Å². The molecule has 0 radical (unpaired) electrons. The number of nitro groups is 1. The average molecular weight is 517 g/mol. The van der Waals surface area contributed by atoms with Gasteiger partial charge in [-0.15, -0.1) is 0 Å². The van der Waals surface area contributed by atoms with Crippen molar-refractivity contribution in [1.29, 1.82) is 0 Å². The van der Waals surface area contributed by atoms with Gasteiger partial charge in [0.05, 0.1) is 16.0 Å². The first-order valence-corrected chi connectivity index (χ1v) is 11.4. The van der Waals surface area contributed by atoms with E-state index in [1.165, 1.54) is 54.7 Å². The molecule has 11 heteroatoms. The second kappa shape index (κ2) is 10.2. The van der Waals surface area contributed by atoms with Gasteiger partial charge in [0.25, 0.3) is 21.6 Å². The molecule has 0 fully saturated rings. The Morgan fingerprint density at radius 3 is 2.34 bits per heavy atom. The summed E-state index contributed by atoms with van der Waals surface area (Å²) in [6, 6.07) is 19.9. The zero-order chi connectivity index (χ0) is 23.1. The number of hydrazone groups is 1. The van der Waals surface area contributed by atoms with Gasteiger partial charge in [0, 0.05) is 16.1 Å². The third kappa shape index (κ3) is 5.37. The molecule has 0 saturated heterocycles. The van der Waals surface area contributed by atoms with E-state index in [0.717, 1.165) is 4.47 Å². The quantitative estimate of drug-likeness (QED) is 0.277. The number of nitro benzene ring substituents is 1. The van der Waals surface area contributed by atoms with Crippen LogP contribution in [-0.2, 0) is 14.8 Å². The van der Waals surface area contributed by atoms with Crippen LogP contribution in [-0.4, -0.2) is 32.0 Å². The second-order valence-corrected chi connectivity index (χ2v) is 9.10. The van der Waals surface area contributed by atoms with Crippen molar-refractivity contribution in [2.24, 2.45) is 5.10 Å². The summed E-state index contributed by atoms with van der Waals surface area (Å²) in [6.45, 7) is -0.713. The van der Waals surface area contributed by atoms with Gasteiger partial charge in [-0.1, -0.05) is 64.5 Å². The predicted octanol–water partition coefficient (Wildman–Crippen LogP) is 3.70. The molecule has 0 atom stereocenters. The minimum absolute atomic E-state index is 0.109. The third-order valence-corrected chi connectivity index (χ3v) is 6.76. The molecule has 0 unspecified atom stereocenters. The Balaban J connectivity index is 1.92. The maximum absolute atomic E-state index is 13.3. The van der Waals surface area contributed by atoms with Crippen LogP contribution in [0.1, 0.15) is 5.56 Å². The summed E-state index contributed by atoms with van der Waals surface area (Å²) in [6.07, 6.45) is 1.39. The van der Waals surface area contributed by atoms with E-state index in [1.807, 2.05) is 6.07 Å². The zero-order valence-corrected chi connectivity index (χ0v) is 18.9. The Hall–Kier alpha value is -3.57. The molecule has 0 aliphatic carbocycles. The summed E-state index contributed by atoms with van der Waals surface area (Å²) in [7, 11) is -4.28. The molecule has 0 spiro atoms. The Morgan fingerprint density at radius 2 is 1.66 bits per heavy atom. The molecule has 3 aromatic carbocycles. The molecule has 0 aromatic heterocycles. The highest BCUT2D eigenvalue weighted by Crippen LogP contribution is 2.31. The monoisotopic (exact) mass is 516 g/mol. The number of hydrogen-bond acceptors (Lipinski definition) is 6. The maximum Gasteiger partial charge on any atom is 0.293 e. The van der Waals surface area contributed by atoms with Crippen LogP contribution in [0.2, 0.25) is 0 Å². The van der Waals surface area contributed by atoms with Crippen molar-refractivity contribution in [3.63, 3.8) is 0 Å². The minimum Gasteiger partial charge on any atom is -0.271 e. The Kier molecular flexibility index (Phi) is 7.33. The van der Waals surface area contributed by atoms with Crippen molar-refractivity contribution in [2.75, 3.05) is 10.8 Å². The van der Waals surface area contributed by atoms with Gasteiger partial charge in [-0.05, 0) is 24.3 Å².